The van der Waals surface area contributed by atoms with Crippen molar-refractivity contribution >= 4 is 11.6 Å². The van der Waals surface area contributed by atoms with Crippen molar-refractivity contribution in [2.75, 3.05) is 51.0 Å². The zero-order chi connectivity index (χ0) is 15.2. The van der Waals surface area contributed by atoms with E-state index < -0.39 is 0 Å². The lowest BCUT2D eigenvalue weighted by Gasteiger charge is -2.32. The van der Waals surface area contributed by atoms with Crippen molar-refractivity contribution < 1.29 is 0 Å². The van der Waals surface area contributed by atoms with Gasteiger partial charge in [-0.25, -0.2) is 9.97 Å². The lowest BCUT2D eigenvalue weighted by atomic mass is 9.96. The molecule has 5 nitrogen and oxygen atoms in total. The minimum absolute atomic E-state index is 0.772. The second-order valence-corrected chi connectivity index (χ2v) is 6.15. The van der Waals surface area contributed by atoms with E-state index in [1.165, 1.54) is 31.5 Å². The zero-order valence-corrected chi connectivity index (χ0v) is 13.9. The molecule has 0 amide bonds. The molecule has 0 aliphatic carbocycles. The molecule has 1 aromatic rings. The first kappa shape index (κ1) is 16.0. The van der Waals surface area contributed by atoms with Crippen LogP contribution in [0, 0.1) is 5.92 Å². The number of aromatic nitrogens is 2. The molecule has 21 heavy (non-hydrogen) atoms. The Hall–Kier alpha value is -1.36. The van der Waals surface area contributed by atoms with Crippen molar-refractivity contribution in [3.05, 3.63) is 11.9 Å². The van der Waals surface area contributed by atoms with Crippen molar-refractivity contribution in [3.8, 4) is 0 Å². The summed E-state index contributed by atoms with van der Waals surface area (Å²) in [6, 6.07) is 0. The van der Waals surface area contributed by atoms with Crippen LogP contribution in [0.3, 0.4) is 0 Å². The van der Waals surface area contributed by atoms with Crippen LogP contribution in [0.4, 0.5) is 11.6 Å². The average molecular weight is 291 g/mol. The molecule has 1 aromatic heterocycles. The summed E-state index contributed by atoms with van der Waals surface area (Å²) in [7, 11) is 6.31. The van der Waals surface area contributed by atoms with Gasteiger partial charge in [-0.05, 0) is 45.3 Å². The van der Waals surface area contributed by atoms with Crippen molar-refractivity contribution in [3.63, 3.8) is 0 Å². The second-order valence-electron chi connectivity index (χ2n) is 6.15. The molecular formula is C16H29N5. The lowest BCUT2D eigenvalue weighted by Crippen LogP contribution is -2.36. The Morgan fingerprint density at radius 1 is 1.33 bits per heavy atom. The van der Waals surface area contributed by atoms with E-state index in [2.05, 4.69) is 46.1 Å². The van der Waals surface area contributed by atoms with E-state index in [0.717, 1.165) is 36.9 Å². The van der Waals surface area contributed by atoms with Crippen molar-refractivity contribution in [1.82, 2.24) is 14.9 Å². The standard InChI is InChI=1S/C16H29N5/c1-5-6-14-15(17-2)18-12-19-16(14)21(4)11-13-7-9-20(3)10-8-13/h12-13H,5-11H2,1-4H3,(H,17,18,19). The van der Waals surface area contributed by atoms with Crippen LogP contribution in [0.1, 0.15) is 31.7 Å². The maximum atomic E-state index is 4.55. The number of anilines is 2. The van der Waals surface area contributed by atoms with Gasteiger partial charge in [0.05, 0.1) is 0 Å². The molecule has 1 N–H and O–H groups in total. The van der Waals surface area contributed by atoms with Crippen LogP contribution in [0.15, 0.2) is 6.33 Å². The van der Waals surface area contributed by atoms with Gasteiger partial charge in [-0.1, -0.05) is 13.3 Å². The highest BCUT2D eigenvalue weighted by atomic mass is 15.2. The first-order chi connectivity index (χ1) is 10.2. The Labute approximate surface area is 128 Å². The lowest BCUT2D eigenvalue weighted by molar-refractivity contribution is 0.222. The van der Waals surface area contributed by atoms with Crippen LogP contribution in [-0.4, -0.2) is 55.6 Å². The summed E-state index contributed by atoms with van der Waals surface area (Å²) >= 11 is 0. The van der Waals surface area contributed by atoms with E-state index in [4.69, 9.17) is 0 Å². The number of hydrogen-bond acceptors (Lipinski definition) is 5. The van der Waals surface area contributed by atoms with Crippen LogP contribution in [0.5, 0.6) is 0 Å². The Balaban J connectivity index is 2.09. The molecule has 118 valence electrons. The van der Waals surface area contributed by atoms with Crippen LogP contribution >= 0.6 is 0 Å². The first-order valence-corrected chi connectivity index (χ1v) is 8.07. The van der Waals surface area contributed by atoms with Gasteiger partial charge in [0.15, 0.2) is 0 Å². The molecule has 2 rings (SSSR count). The highest BCUT2D eigenvalue weighted by molar-refractivity contribution is 5.58. The van der Waals surface area contributed by atoms with E-state index in [9.17, 15) is 0 Å². The summed E-state index contributed by atoms with van der Waals surface area (Å²) in [5.74, 6) is 2.83. The molecule has 1 fully saturated rings. The molecule has 0 aromatic carbocycles. The Morgan fingerprint density at radius 2 is 2.05 bits per heavy atom. The molecule has 0 atom stereocenters. The predicted molar refractivity (Wildman–Crippen MR) is 89.1 cm³/mol. The SMILES string of the molecule is CCCc1c(NC)ncnc1N(C)CC1CCN(C)CC1. The summed E-state index contributed by atoms with van der Waals surface area (Å²) in [6.45, 7) is 5.72. The van der Waals surface area contributed by atoms with Crippen LogP contribution in [0.25, 0.3) is 0 Å². The third-order valence-electron chi connectivity index (χ3n) is 4.39. The topological polar surface area (TPSA) is 44.3 Å². The molecule has 2 heterocycles. The highest BCUT2D eigenvalue weighted by Gasteiger charge is 2.20. The molecule has 0 unspecified atom stereocenters. The number of nitrogens with one attached hydrogen (secondary N) is 1. The molecular weight excluding hydrogens is 262 g/mol. The molecule has 1 saturated heterocycles. The normalized spacial score (nSPS) is 17.0. The summed E-state index contributed by atoms with van der Waals surface area (Å²) in [4.78, 5) is 13.7. The zero-order valence-electron chi connectivity index (χ0n) is 13.9. The molecule has 5 heteroatoms. The van der Waals surface area contributed by atoms with E-state index in [1.807, 2.05) is 7.05 Å². The number of piperidine rings is 1. The first-order valence-electron chi connectivity index (χ1n) is 8.07. The number of rotatable bonds is 6. The maximum Gasteiger partial charge on any atom is 0.137 e. The van der Waals surface area contributed by atoms with Gasteiger partial charge < -0.3 is 15.1 Å². The molecule has 0 spiro atoms. The molecule has 0 saturated carbocycles. The van der Waals surface area contributed by atoms with Gasteiger partial charge in [0.25, 0.3) is 0 Å². The molecule has 1 aliphatic heterocycles. The summed E-state index contributed by atoms with van der Waals surface area (Å²) < 4.78 is 0. The largest absolute Gasteiger partial charge is 0.373 e. The fourth-order valence-corrected chi connectivity index (χ4v) is 3.15. The highest BCUT2D eigenvalue weighted by Crippen LogP contribution is 2.26. The summed E-state index contributed by atoms with van der Waals surface area (Å²) in [5, 5.41) is 3.20. The van der Waals surface area contributed by atoms with Crippen molar-refractivity contribution in [2.24, 2.45) is 5.92 Å². The predicted octanol–water partition coefficient (Wildman–Crippen LogP) is 2.25. The third-order valence-corrected chi connectivity index (χ3v) is 4.39. The average Bonchev–Trinajstić information content (AvgIpc) is 2.50. The second kappa shape index (κ2) is 7.59. The van der Waals surface area contributed by atoms with Gasteiger partial charge in [0.1, 0.15) is 18.0 Å². The van der Waals surface area contributed by atoms with E-state index in [1.54, 1.807) is 6.33 Å². The van der Waals surface area contributed by atoms with E-state index in [-0.39, 0.29) is 0 Å². The van der Waals surface area contributed by atoms with Gasteiger partial charge in [-0.2, -0.15) is 0 Å². The Kier molecular flexibility index (Phi) is 5.79. The fourth-order valence-electron chi connectivity index (χ4n) is 3.15. The van der Waals surface area contributed by atoms with E-state index in [0.29, 0.717) is 0 Å². The Morgan fingerprint density at radius 3 is 2.67 bits per heavy atom. The van der Waals surface area contributed by atoms with Gasteiger partial charge in [0.2, 0.25) is 0 Å². The fraction of sp³-hybridized carbons (Fsp3) is 0.750. The third kappa shape index (κ3) is 4.06. The summed E-state index contributed by atoms with van der Waals surface area (Å²) in [5.41, 5.74) is 1.25. The minimum Gasteiger partial charge on any atom is -0.373 e. The maximum absolute atomic E-state index is 4.55. The quantitative estimate of drug-likeness (QED) is 0.871. The van der Waals surface area contributed by atoms with Crippen LogP contribution in [0.2, 0.25) is 0 Å². The summed E-state index contributed by atoms with van der Waals surface area (Å²) in [6.07, 6.45) is 6.37. The molecule has 0 bridgehead atoms. The van der Waals surface area contributed by atoms with Gasteiger partial charge in [0, 0.05) is 26.2 Å². The van der Waals surface area contributed by atoms with Gasteiger partial charge >= 0.3 is 0 Å². The van der Waals surface area contributed by atoms with Crippen LogP contribution < -0.4 is 10.2 Å². The van der Waals surface area contributed by atoms with E-state index >= 15 is 0 Å². The van der Waals surface area contributed by atoms with Crippen molar-refractivity contribution in [2.45, 2.75) is 32.6 Å². The Bertz CT molecular complexity index is 440. The molecule has 0 radical (unpaired) electrons. The van der Waals surface area contributed by atoms with Crippen molar-refractivity contribution in [1.29, 1.82) is 0 Å². The molecule has 1 aliphatic rings. The van der Waals surface area contributed by atoms with Gasteiger partial charge in [-0.15, -0.1) is 0 Å². The number of likely N-dealkylation sites (tertiary alicyclic amines) is 1. The minimum atomic E-state index is 0.772. The monoisotopic (exact) mass is 291 g/mol. The number of nitrogens with zero attached hydrogens (tertiary/aromatic N) is 4. The van der Waals surface area contributed by atoms with Gasteiger partial charge in [-0.3, -0.25) is 0 Å². The number of hydrogen-bond donors (Lipinski definition) is 1. The van der Waals surface area contributed by atoms with Crippen LogP contribution in [-0.2, 0) is 6.42 Å². The smallest absolute Gasteiger partial charge is 0.137 e.